The van der Waals surface area contributed by atoms with Gasteiger partial charge < -0.3 is 14.9 Å². The molecule has 2 aromatic carbocycles. The van der Waals surface area contributed by atoms with Gasteiger partial charge in [-0.3, -0.25) is 14.5 Å². The molecule has 0 radical (unpaired) electrons. The second kappa shape index (κ2) is 13.0. The average Bonchev–Trinajstić information content (AvgIpc) is 2.81. The van der Waals surface area contributed by atoms with Gasteiger partial charge in [0.05, 0.1) is 30.1 Å². The van der Waals surface area contributed by atoms with Crippen molar-refractivity contribution in [2.24, 2.45) is 0 Å². The first-order valence-electron chi connectivity index (χ1n) is 9.37. The Bertz CT molecular complexity index is 1100. The van der Waals surface area contributed by atoms with E-state index in [1.807, 2.05) is 48.8 Å². The molecule has 0 unspecified atom stereocenters. The van der Waals surface area contributed by atoms with Gasteiger partial charge in [0.1, 0.15) is 18.8 Å². The second-order valence-corrected chi connectivity index (χ2v) is 7.18. The summed E-state index contributed by atoms with van der Waals surface area (Å²) < 4.78 is 0.636. The standard InChI is InChI=1S/C24H21N4.2CH3.ClH.Cu/c1-28(17-21-8-2-4-13-26-21,18-22-9-3-5-14-27-22)24-10-6-7-20-15-19(16-25)11-12-23(20)24;;;;/h2-15H,17-18H2,1H3;2*1H3;1H;/q+1;2*-1;;+1/p-1. The minimum atomic E-state index is 0. The number of hydrogen-bond donors (Lipinski definition) is 0. The van der Waals surface area contributed by atoms with Crippen LogP contribution < -0.4 is 4.48 Å². The van der Waals surface area contributed by atoms with E-state index in [2.05, 4.69) is 84.7 Å². The Morgan fingerprint density at radius 2 is 1.44 bits per heavy atom. The molecule has 6 heteroatoms. The summed E-state index contributed by atoms with van der Waals surface area (Å²) in [7, 11) is 6.42. The van der Waals surface area contributed by atoms with Crippen molar-refractivity contribution in [1.82, 2.24) is 14.5 Å². The molecule has 0 aliphatic heterocycles. The number of nitrogens with zero attached hydrogens (tertiary/aromatic N) is 4. The quantitative estimate of drug-likeness (QED) is 0.183. The number of benzene rings is 2. The van der Waals surface area contributed by atoms with Crippen LogP contribution in [0.5, 0.6) is 0 Å². The van der Waals surface area contributed by atoms with Crippen LogP contribution in [0.1, 0.15) is 17.0 Å². The van der Waals surface area contributed by atoms with E-state index in [0.717, 1.165) is 35.2 Å². The summed E-state index contributed by atoms with van der Waals surface area (Å²) in [6.07, 6.45) is 3.67. The molecule has 0 bridgehead atoms. The first-order valence-corrected chi connectivity index (χ1v) is 10.7. The van der Waals surface area contributed by atoms with Crippen molar-refractivity contribution in [2.45, 2.75) is 13.1 Å². The van der Waals surface area contributed by atoms with E-state index in [9.17, 15) is 5.26 Å². The van der Waals surface area contributed by atoms with Crippen LogP contribution in [0.3, 0.4) is 0 Å². The molecular weight excluding hydrogens is 467 g/mol. The predicted octanol–water partition coefficient (Wildman–Crippen LogP) is 6.43. The van der Waals surface area contributed by atoms with Crippen LogP contribution >= 0.6 is 10.1 Å². The van der Waals surface area contributed by atoms with E-state index in [0.29, 0.717) is 10.0 Å². The van der Waals surface area contributed by atoms with Crippen molar-refractivity contribution in [1.29, 1.82) is 5.26 Å². The van der Waals surface area contributed by atoms with Crippen LogP contribution in [0.25, 0.3) is 10.8 Å². The second-order valence-electron chi connectivity index (χ2n) is 7.18. The van der Waals surface area contributed by atoms with Crippen LogP contribution in [0.4, 0.5) is 5.69 Å². The van der Waals surface area contributed by atoms with Crippen LogP contribution in [0, 0.1) is 26.2 Å². The van der Waals surface area contributed by atoms with Gasteiger partial charge in [-0.1, -0.05) is 24.3 Å². The maximum absolute atomic E-state index is 9.25. The number of quaternary nitrogens is 1. The predicted molar refractivity (Wildman–Crippen MR) is 131 cm³/mol. The monoisotopic (exact) mass is 493 g/mol. The molecule has 0 aliphatic rings. The molecule has 0 aliphatic carbocycles. The van der Waals surface area contributed by atoms with Gasteiger partial charge in [0, 0.05) is 17.8 Å². The topological polar surface area (TPSA) is 49.6 Å². The Balaban J connectivity index is 0.00000125. The number of pyridine rings is 2. The Morgan fingerprint density at radius 1 is 0.844 bits per heavy atom. The zero-order valence-corrected chi connectivity index (χ0v) is 20.2. The zero-order valence-electron chi connectivity index (χ0n) is 18.5. The zero-order chi connectivity index (χ0) is 21.4. The third-order valence-corrected chi connectivity index (χ3v) is 5.04. The van der Waals surface area contributed by atoms with Gasteiger partial charge in [0.15, 0.2) is 0 Å². The molecule has 2 aromatic heterocycles. The van der Waals surface area contributed by atoms with Gasteiger partial charge in [-0.05, 0) is 53.9 Å². The fraction of sp³-hybridized carbons (Fsp3) is 0.115. The SMILES string of the molecule is C[N+](Cc1ccccn1)(Cc1ccccn1)c1cccc2cc(C#N)ccc12.[CH3-].[CH3-].[Cl][Cu]. The summed E-state index contributed by atoms with van der Waals surface area (Å²) in [5, 5.41) is 11.5. The molecule has 0 N–H and O–H groups in total. The summed E-state index contributed by atoms with van der Waals surface area (Å²) in [4.78, 5) is 9.12. The van der Waals surface area contributed by atoms with Gasteiger partial charge in [0.25, 0.3) is 0 Å². The van der Waals surface area contributed by atoms with Crippen LogP contribution in [0.15, 0.2) is 85.2 Å². The fourth-order valence-electron chi connectivity index (χ4n) is 3.73. The molecule has 32 heavy (non-hydrogen) atoms. The van der Waals surface area contributed by atoms with E-state index >= 15 is 0 Å². The van der Waals surface area contributed by atoms with E-state index in [1.165, 1.54) is 5.69 Å². The Morgan fingerprint density at radius 3 is 1.94 bits per heavy atom. The summed E-state index contributed by atoms with van der Waals surface area (Å²) in [5.41, 5.74) is 3.93. The summed E-state index contributed by atoms with van der Waals surface area (Å²) in [6, 6.07) is 26.5. The third-order valence-electron chi connectivity index (χ3n) is 5.04. The summed E-state index contributed by atoms with van der Waals surface area (Å²) in [5.74, 6) is 0. The van der Waals surface area contributed by atoms with Crippen LogP contribution in [-0.4, -0.2) is 17.0 Å². The maximum atomic E-state index is 9.25. The van der Waals surface area contributed by atoms with Crippen molar-refractivity contribution in [3.05, 3.63) is 117 Å². The van der Waals surface area contributed by atoms with Gasteiger partial charge in [0.2, 0.25) is 0 Å². The number of rotatable bonds is 5. The fourth-order valence-corrected chi connectivity index (χ4v) is 3.73. The number of fused-ring (bicyclic) bond motifs is 1. The average molecular weight is 495 g/mol. The number of nitriles is 1. The number of aromatic nitrogens is 2. The molecule has 0 spiro atoms. The molecule has 2 heterocycles. The van der Waals surface area contributed by atoms with Crippen molar-refractivity contribution in [3.8, 4) is 6.07 Å². The first kappa shape index (κ1) is 27.3. The summed E-state index contributed by atoms with van der Waals surface area (Å²) >= 11 is 3.66. The molecule has 0 fully saturated rings. The molecule has 170 valence electrons. The Kier molecular flexibility index (Phi) is 11.1. The van der Waals surface area contributed by atoms with E-state index in [-0.39, 0.29) is 14.9 Å². The molecule has 0 atom stereocenters. The molecular formula is C26H27ClCuN4-. The van der Waals surface area contributed by atoms with Gasteiger partial charge >= 0.3 is 25.2 Å². The number of hydrogen-bond acceptors (Lipinski definition) is 3. The van der Waals surface area contributed by atoms with Crippen molar-refractivity contribution in [2.75, 3.05) is 7.05 Å². The van der Waals surface area contributed by atoms with Crippen LogP contribution in [0.2, 0.25) is 0 Å². The molecule has 4 nitrogen and oxygen atoms in total. The summed E-state index contributed by atoms with van der Waals surface area (Å²) in [6.45, 7) is 1.49. The molecule has 0 amide bonds. The van der Waals surface area contributed by atoms with Gasteiger partial charge in [-0.2, -0.15) is 5.26 Å². The van der Waals surface area contributed by atoms with Crippen molar-refractivity contribution >= 4 is 26.6 Å². The Hall–Kier alpha value is -2.74. The van der Waals surface area contributed by atoms with Gasteiger partial charge in [-0.25, -0.2) is 0 Å². The van der Waals surface area contributed by atoms with Crippen molar-refractivity contribution in [3.63, 3.8) is 0 Å². The normalized spacial score (nSPS) is 10.1. The van der Waals surface area contributed by atoms with Crippen LogP contribution in [-0.2, 0) is 28.2 Å². The van der Waals surface area contributed by atoms with E-state index in [4.69, 9.17) is 0 Å². The minimum absolute atomic E-state index is 0. The third kappa shape index (κ3) is 6.38. The number of halogens is 1. The van der Waals surface area contributed by atoms with E-state index in [1.54, 1.807) is 0 Å². The first-order chi connectivity index (χ1) is 14.7. The Labute approximate surface area is 204 Å². The molecule has 4 rings (SSSR count). The molecule has 4 aromatic rings. The molecule has 0 saturated heterocycles. The van der Waals surface area contributed by atoms with E-state index < -0.39 is 0 Å². The van der Waals surface area contributed by atoms with Gasteiger partial charge in [-0.15, -0.1) is 0 Å². The molecule has 0 saturated carbocycles. The van der Waals surface area contributed by atoms with Crippen molar-refractivity contribution < 1.29 is 15.1 Å².